The van der Waals surface area contributed by atoms with Gasteiger partial charge in [-0.05, 0) is 12.5 Å². The molecule has 0 aromatic heterocycles. The van der Waals surface area contributed by atoms with Crippen LogP contribution in [0.1, 0.15) is 0 Å². The third-order valence-corrected chi connectivity index (χ3v) is 3.31. The molecule has 0 rings (SSSR count). The fourth-order valence-corrected chi connectivity index (χ4v) is 1.44. The summed E-state index contributed by atoms with van der Waals surface area (Å²) in [5, 5.41) is 0. The minimum absolute atomic E-state index is 0.597. The maximum absolute atomic E-state index is 5.35. The van der Waals surface area contributed by atoms with Gasteiger partial charge in [0, 0.05) is 6.54 Å². The van der Waals surface area contributed by atoms with Crippen molar-refractivity contribution < 1.29 is 0 Å². The average Bonchev–Trinajstić information content (AvgIpc) is 1.72. The van der Waals surface area contributed by atoms with Gasteiger partial charge in [-0.2, -0.15) is 0 Å². The SMILES string of the molecule is CSC(CN)SC. The van der Waals surface area contributed by atoms with Crippen molar-refractivity contribution >= 4 is 23.5 Å². The molecule has 0 spiro atoms. The normalized spacial score (nSPS) is 10.3. The summed E-state index contributed by atoms with van der Waals surface area (Å²) in [6, 6.07) is 0. The van der Waals surface area contributed by atoms with Gasteiger partial charge in [-0.3, -0.25) is 0 Å². The minimum atomic E-state index is 0.597. The first-order valence-corrected chi connectivity index (χ1v) is 4.68. The van der Waals surface area contributed by atoms with Crippen molar-refractivity contribution in [3.05, 3.63) is 0 Å². The third-order valence-electron chi connectivity index (χ3n) is 0.718. The molecule has 0 aliphatic carbocycles. The molecule has 0 aliphatic rings. The second-order valence-corrected chi connectivity index (χ2v) is 3.52. The second kappa shape index (κ2) is 4.81. The smallest absolute Gasteiger partial charge is 0.0618 e. The van der Waals surface area contributed by atoms with Crippen molar-refractivity contribution in [2.24, 2.45) is 5.73 Å². The fourth-order valence-electron chi connectivity index (χ4n) is 0.289. The summed E-state index contributed by atoms with van der Waals surface area (Å²) in [6.07, 6.45) is 4.15. The van der Waals surface area contributed by atoms with Crippen molar-refractivity contribution in [3.8, 4) is 0 Å². The summed E-state index contributed by atoms with van der Waals surface area (Å²) < 4.78 is 0.597. The predicted molar refractivity (Wildman–Crippen MR) is 39.9 cm³/mol. The van der Waals surface area contributed by atoms with Crippen LogP contribution in [-0.2, 0) is 0 Å². The second-order valence-electron chi connectivity index (χ2n) is 1.14. The van der Waals surface area contributed by atoms with Crippen LogP contribution in [0.2, 0.25) is 0 Å². The Morgan fingerprint density at radius 1 is 1.43 bits per heavy atom. The van der Waals surface area contributed by atoms with E-state index in [1.54, 1.807) is 0 Å². The van der Waals surface area contributed by atoms with Crippen LogP contribution >= 0.6 is 23.5 Å². The molecule has 0 fully saturated rings. The molecule has 0 atom stereocenters. The molecular weight excluding hydrogens is 126 g/mol. The number of nitrogens with two attached hydrogens (primary N) is 1. The number of rotatable bonds is 3. The molecule has 0 amide bonds. The molecule has 7 heavy (non-hydrogen) atoms. The molecule has 44 valence electrons. The molecular formula is C4H11NS2. The first-order valence-electron chi connectivity index (χ1n) is 2.10. The van der Waals surface area contributed by atoms with Gasteiger partial charge in [0.05, 0.1) is 4.58 Å². The molecule has 0 aromatic rings. The van der Waals surface area contributed by atoms with Crippen LogP contribution in [-0.4, -0.2) is 23.6 Å². The maximum Gasteiger partial charge on any atom is 0.0618 e. The molecule has 1 nitrogen and oxygen atoms in total. The summed E-state index contributed by atoms with van der Waals surface area (Å²) in [4.78, 5) is 0. The van der Waals surface area contributed by atoms with Crippen molar-refractivity contribution in [1.82, 2.24) is 0 Å². The lowest BCUT2D eigenvalue weighted by atomic mass is 10.8. The van der Waals surface area contributed by atoms with E-state index >= 15 is 0 Å². The van der Waals surface area contributed by atoms with Crippen molar-refractivity contribution in [2.45, 2.75) is 4.58 Å². The minimum Gasteiger partial charge on any atom is -0.329 e. The Kier molecular flexibility index (Phi) is 5.26. The zero-order valence-corrected chi connectivity index (χ0v) is 6.31. The van der Waals surface area contributed by atoms with Crippen molar-refractivity contribution in [1.29, 1.82) is 0 Å². The Balaban J connectivity index is 2.99. The summed E-state index contributed by atoms with van der Waals surface area (Å²) in [7, 11) is 0. The van der Waals surface area contributed by atoms with E-state index in [1.807, 2.05) is 23.5 Å². The average molecular weight is 137 g/mol. The summed E-state index contributed by atoms with van der Waals surface area (Å²) in [5.41, 5.74) is 5.35. The van der Waals surface area contributed by atoms with Crippen LogP contribution in [0.25, 0.3) is 0 Å². The van der Waals surface area contributed by atoms with E-state index in [-0.39, 0.29) is 0 Å². The predicted octanol–water partition coefficient (Wildman–Crippen LogP) is 0.997. The van der Waals surface area contributed by atoms with Gasteiger partial charge in [0.2, 0.25) is 0 Å². The Hall–Kier alpha value is 0.660. The van der Waals surface area contributed by atoms with Gasteiger partial charge < -0.3 is 5.73 Å². The molecule has 0 aromatic carbocycles. The van der Waals surface area contributed by atoms with Crippen LogP contribution in [0.4, 0.5) is 0 Å². The largest absolute Gasteiger partial charge is 0.329 e. The highest BCUT2D eigenvalue weighted by atomic mass is 32.2. The van der Waals surface area contributed by atoms with Gasteiger partial charge in [0.25, 0.3) is 0 Å². The van der Waals surface area contributed by atoms with Crippen molar-refractivity contribution in [2.75, 3.05) is 19.1 Å². The Morgan fingerprint density at radius 3 is 1.86 bits per heavy atom. The van der Waals surface area contributed by atoms with Crippen LogP contribution in [0.3, 0.4) is 0 Å². The first-order chi connectivity index (χ1) is 3.35. The first kappa shape index (κ1) is 7.66. The summed E-state index contributed by atoms with van der Waals surface area (Å²) in [5.74, 6) is 0. The topological polar surface area (TPSA) is 26.0 Å². The Labute approximate surface area is 53.4 Å². The van der Waals surface area contributed by atoms with Gasteiger partial charge in [0.15, 0.2) is 0 Å². The number of hydrogen-bond donors (Lipinski definition) is 1. The van der Waals surface area contributed by atoms with Gasteiger partial charge >= 0.3 is 0 Å². The number of hydrogen-bond acceptors (Lipinski definition) is 3. The quantitative estimate of drug-likeness (QED) is 0.588. The lowest BCUT2D eigenvalue weighted by molar-refractivity contribution is 1.11. The highest BCUT2D eigenvalue weighted by molar-refractivity contribution is 8.16. The van der Waals surface area contributed by atoms with Gasteiger partial charge in [-0.1, -0.05) is 0 Å². The van der Waals surface area contributed by atoms with E-state index in [1.165, 1.54) is 0 Å². The van der Waals surface area contributed by atoms with Gasteiger partial charge in [-0.15, -0.1) is 23.5 Å². The summed E-state index contributed by atoms with van der Waals surface area (Å²) in [6.45, 7) is 0.780. The molecule has 0 aliphatic heterocycles. The van der Waals surface area contributed by atoms with E-state index in [2.05, 4.69) is 12.5 Å². The fraction of sp³-hybridized carbons (Fsp3) is 1.00. The van der Waals surface area contributed by atoms with Gasteiger partial charge in [-0.25, -0.2) is 0 Å². The zero-order valence-electron chi connectivity index (χ0n) is 4.68. The number of thioether (sulfide) groups is 2. The van der Waals surface area contributed by atoms with E-state index in [4.69, 9.17) is 5.73 Å². The van der Waals surface area contributed by atoms with E-state index in [9.17, 15) is 0 Å². The van der Waals surface area contributed by atoms with E-state index in [0.717, 1.165) is 6.54 Å². The van der Waals surface area contributed by atoms with Crippen molar-refractivity contribution in [3.63, 3.8) is 0 Å². The molecule has 0 saturated heterocycles. The third kappa shape index (κ3) is 3.26. The maximum atomic E-state index is 5.35. The molecule has 2 N–H and O–H groups in total. The Bertz CT molecular complexity index is 31.2. The van der Waals surface area contributed by atoms with Crippen LogP contribution in [0, 0.1) is 0 Å². The van der Waals surface area contributed by atoms with Crippen LogP contribution in [0.15, 0.2) is 0 Å². The summed E-state index contributed by atoms with van der Waals surface area (Å²) >= 11 is 3.62. The highest BCUT2D eigenvalue weighted by Crippen LogP contribution is 2.15. The molecule has 0 heterocycles. The Morgan fingerprint density at radius 2 is 1.86 bits per heavy atom. The molecule has 0 radical (unpaired) electrons. The van der Waals surface area contributed by atoms with E-state index in [0.29, 0.717) is 4.58 Å². The molecule has 3 heteroatoms. The standard InChI is InChI=1S/C4H11NS2/c1-6-4(3-5)7-2/h4H,3,5H2,1-2H3. The van der Waals surface area contributed by atoms with Crippen LogP contribution in [0.5, 0.6) is 0 Å². The molecule has 0 unspecified atom stereocenters. The molecule has 0 saturated carbocycles. The zero-order chi connectivity index (χ0) is 5.70. The van der Waals surface area contributed by atoms with E-state index < -0.39 is 0 Å². The van der Waals surface area contributed by atoms with Gasteiger partial charge in [0.1, 0.15) is 0 Å². The lowest BCUT2D eigenvalue weighted by Gasteiger charge is -2.04. The van der Waals surface area contributed by atoms with Crippen LogP contribution < -0.4 is 5.73 Å². The molecule has 0 bridgehead atoms. The lowest BCUT2D eigenvalue weighted by Crippen LogP contribution is -2.11. The highest BCUT2D eigenvalue weighted by Gasteiger charge is 1.97. The monoisotopic (exact) mass is 137 g/mol.